The molecule has 1 aromatic heterocycles. The van der Waals surface area contributed by atoms with E-state index in [9.17, 15) is 14.4 Å². The van der Waals surface area contributed by atoms with Gasteiger partial charge >= 0.3 is 5.97 Å². The van der Waals surface area contributed by atoms with Gasteiger partial charge in [0.05, 0.1) is 24.8 Å². The summed E-state index contributed by atoms with van der Waals surface area (Å²) in [6.07, 6.45) is -0.0523. The fourth-order valence-corrected chi connectivity index (χ4v) is 3.98. The van der Waals surface area contributed by atoms with Gasteiger partial charge in [-0.15, -0.1) is 0 Å². The molecule has 0 aliphatic carbocycles. The Balaban J connectivity index is 2.40. The molecule has 1 N–H and O–H groups in total. The Bertz CT molecular complexity index is 950. The van der Waals surface area contributed by atoms with Gasteiger partial charge in [0.25, 0.3) is 0 Å². The first-order valence-corrected chi connectivity index (χ1v) is 11.1. The average molecular weight is 492 g/mol. The Morgan fingerprint density at radius 2 is 1.81 bits per heavy atom. The number of ketones is 1. The molecule has 0 saturated carbocycles. The molecule has 8 heteroatoms. The largest absolute Gasteiger partial charge is 0.465 e. The van der Waals surface area contributed by atoms with Gasteiger partial charge in [-0.3, -0.25) is 9.59 Å². The molecule has 2 aromatic rings. The summed E-state index contributed by atoms with van der Waals surface area (Å²) in [7, 11) is 1.28. The van der Waals surface area contributed by atoms with E-state index in [0.29, 0.717) is 23.5 Å². The van der Waals surface area contributed by atoms with Crippen LogP contribution in [-0.4, -0.2) is 60.8 Å². The van der Waals surface area contributed by atoms with Crippen molar-refractivity contribution < 1.29 is 19.1 Å². The predicted octanol–water partition coefficient (Wildman–Crippen LogP) is 3.99. The van der Waals surface area contributed by atoms with Crippen LogP contribution in [0.3, 0.4) is 0 Å². The minimum absolute atomic E-state index is 0.0523. The summed E-state index contributed by atoms with van der Waals surface area (Å²) < 4.78 is 5.76. The second kappa shape index (κ2) is 11.2. The van der Waals surface area contributed by atoms with Gasteiger partial charge < -0.3 is 19.5 Å². The Kier molecular flexibility index (Phi) is 9.00. The van der Waals surface area contributed by atoms with Crippen molar-refractivity contribution in [3.63, 3.8) is 0 Å². The minimum Gasteiger partial charge on any atom is -0.465 e. The minimum atomic E-state index is -0.568. The number of carbonyl (C=O) groups is 3. The van der Waals surface area contributed by atoms with Crippen LogP contribution in [0.4, 0.5) is 5.69 Å². The molecule has 31 heavy (non-hydrogen) atoms. The zero-order valence-electron chi connectivity index (χ0n) is 18.8. The zero-order chi connectivity index (χ0) is 23.1. The van der Waals surface area contributed by atoms with Gasteiger partial charge in [-0.1, -0.05) is 35.8 Å². The first-order chi connectivity index (χ1) is 14.7. The Morgan fingerprint density at radius 1 is 1.13 bits per heavy atom. The molecule has 168 valence electrons. The number of halogens is 1. The lowest BCUT2D eigenvalue weighted by Crippen LogP contribution is -2.39. The van der Waals surface area contributed by atoms with Crippen LogP contribution in [0.2, 0.25) is 0 Å². The first kappa shape index (κ1) is 24.8. The number of methoxy groups -OCH3 is 1. The highest BCUT2D eigenvalue weighted by Crippen LogP contribution is 2.24. The molecule has 0 bridgehead atoms. The lowest BCUT2D eigenvalue weighted by molar-refractivity contribution is -0.118. The van der Waals surface area contributed by atoms with Crippen molar-refractivity contribution in [2.75, 3.05) is 38.2 Å². The van der Waals surface area contributed by atoms with Gasteiger partial charge in [-0.25, -0.2) is 4.79 Å². The number of hydrogen-bond donors (Lipinski definition) is 1. The van der Waals surface area contributed by atoms with Crippen molar-refractivity contribution in [2.24, 2.45) is 0 Å². The molecule has 0 unspecified atom stereocenters. The van der Waals surface area contributed by atoms with Crippen molar-refractivity contribution in [2.45, 2.75) is 34.1 Å². The van der Waals surface area contributed by atoms with E-state index < -0.39 is 5.97 Å². The van der Waals surface area contributed by atoms with E-state index in [1.54, 1.807) is 11.8 Å². The molecule has 0 radical (unpaired) electrons. The lowest BCUT2D eigenvalue weighted by Gasteiger charge is -2.27. The summed E-state index contributed by atoms with van der Waals surface area (Å²) in [5.74, 6) is -0.945. The van der Waals surface area contributed by atoms with Crippen molar-refractivity contribution >= 4 is 39.3 Å². The van der Waals surface area contributed by atoms with Crippen LogP contribution < -0.4 is 4.90 Å². The average Bonchev–Trinajstić information content (AvgIpc) is 3.06. The number of nitrogens with one attached hydrogen (secondary N) is 1. The van der Waals surface area contributed by atoms with Gasteiger partial charge in [-0.2, -0.15) is 0 Å². The molecule has 0 spiro atoms. The zero-order valence-corrected chi connectivity index (χ0v) is 20.3. The number of amides is 1. The Morgan fingerprint density at radius 3 is 2.35 bits per heavy atom. The summed E-state index contributed by atoms with van der Waals surface area (Å²) in [6, 6.07) is 7.55. The number of Topliss-reactive ketones (excluding diaryl/α,β-unsaturated/α-hetero) is 1. The van der Waals surface area contributed by atoms with Gasteiger partial charge in [-0.05, 0) is 43.8 Å². The number of nitrogens with zero attached hydrogens (tertiary/aromatic N) is 2. The van der Waals surface area contributed by atoms with Crippen molar-refractivity contribution in [3.05, 3.63) is 51.3 Å². The summed E-state index contributed by atoms with van der Waals surface area (Å²) in [6.45, 7) is 10.3. The van der Waals surface area contributed by atoms with Gasteiger partial charge in [0, 0.05) is 35.9 Å². The molecule has 0 atom stereocenters. The molecule has 0 fully saturated rings. The van der Waals surface area contributed by atoms with E-state index in [1.807, 2.05) is 24.3 Å². The SMILES string of the molecule is CCN(CC)CCN(C(=O)Cc1[nH]c(C(C)=O)c(C)c1C(=O)OC)c1cccc(Br)c1. The van der Waals surface area contributed by atoms with Crippen LogP contribution in [0, 0.1) is 6.92 Å². The number of hydrogen-bond acceptors (Lipinski definition) is 5. The maximum absolute atomic E-state index is 13.4. The van der Waals surface area contributed by atoms with Crippen LogP contribution in [-0.2, 0) is 16.0 Å². The molecule has 0 aliphatic rings. The van der Waals surface area contributed by atoms with E-state index >= 15 is 0 Å². The molecule has 0 aliphatic heterocycles. The third-order valence-electron chi connectivity index (χ3n) is 5.35. The summed E-state index contributed by atoms with van der Waals surface area (Å²) in [5, 5.41) is 0. The van der Waals surface area contributed by atoms with Crippen LogP contribution >= 0.6 is 15.9 Å². The van der Waals surface area contributed by atoms with Gasteiger partial charge in [0.1, 0.15) is 0 Å². The highest BCUT2D eigenvalue weighted by atomic mass is 79.9. The molecule has 2 rings (SSSR count). The topological polar surface area (TPSA) is 82.7 Å². The molecule has 1 heterocycles. The van der Waals surface area contributed by atoms with Crippen molar-refractivity contribution in [3.8, 4) is 0 Å². The number of ether oxygens (including phenoxy) is 1. The second-order valence-electron chi connectivity index (χ2n) is 7.26. The lowest BCUT2D eigenvalue weighted by atomic mass is 10.1. The first-order valence-electron chi connectivity index (χ1n) is 10.3. The summed E-state index contributed by atoms with van der Waals surface area (Å²) in [4.78, 5) is 44.7. The summed E-state index contributed by atoms with van der Waals surface area (Å²) >= 11 is 3.47. The molecule has 1 amide bonds. The number of likely N-dealkylation sites (N-methyl/N-ethyl adjacent to an activating group) is 1. The molecule has 7 nitrogen and oxygen atoms in total. The third kappa shape index (κ3) is 6.04. The van der Waals surface area contributed by atoms with Crippen molar-refractivity contribution in [1.82, 2.24) is 9.88 Å². The van der Waals surface area contributed by atoms with E-state index in [2.05, 4.69) is 39.7 Å². The number of anilines is 1. The van der Waals surface area contributed by atoms with E-state index in [4.69, 9.17) is 4.74 Å². The van der Waals surface area contributed by atoms with E-state index in [-0.39, 0.29) is 23.7 Å². The molecule has 0 saturated heterocycles. The third-order valence-corrected chi connectivity index (χ3v) is 5.85. The highest BCUT2D eigenvalue weighted by molar-refractivity contribution is 9.10. The number of H-pyrrole nitrogens is 1. The number of aromatic nitrogens is 1. The number of rotatable bonds is 10. The smallest absolute Gasteiger partial charge is 0.339 e. The molecular weight excluding hydrogens is 462 g/mol. The predicted molar refractivity (Wildman–Crippen MR) is 125 cm³/mol. The summed E-state index contributed by atoms with van der Waals surface area (Å²) in [5.41, 5.74) is 2.22. The highest BCUT2D eigenvalue weighted by Gasteiger charge is 2.26. The van der Waals surface area contributed by atoms with Crippen LogP contribution in [0.5, 0.6) is 0 Å². The standard InChI is InChI=1S/C23H30BrN3O4/c1-6-26(7-2)11-12-27(18-10-8-9-17(24)13-18)20(29)14-19-21(23(30)31-5)15(3)22(25-19)16(4)28/h8-10,13,25H,6-7,11-12,14H2,1-5H3. The second-order valence-corrected chi connectivity index (χ2v) is 8.17. The number of carbonyl (C=O) groups excluding carboxylic acids is 3. The normalized spacial score (nSPS) is 10.9. The Labute approximate surface area is 191 Å². The van der Waals surface area contributed by atoms with E-state index in [1.165, 1.54) is 14.0 Å². The van der Waals surface area contributed by atoms with E-state index in [0.717, 1.165) is 29.8 Å². The number of benzene rings is 1. The quantitative estimate of drug-likeness (QED) is 0.401. The maximum atomic E-state index is 13.4. The Hall–Kier alpha value is -2.45. The monoisotopic (exact) mass is 491 g/mol. The van der Waals surface area contributed by atoms with Crippen LogP contribution in [0.15, 0.2) is 28.7 Å². The maximum Gasteiger partial charge on any atom is 0.339 e. The number of esters is 1. The molecular formula is C23H30BrN3O4. The van der Waals surface area contributed by atoms with Crippen LogP contribution in [0.25, 0.3) is 0 Å². The van der Waals surface area contributed by atoms with Crippen LogP contribution in [0.1, 0.15) is 52.9 Å². The van der Waals surface area contributed by atoms with Gasteiger partial charge in [0.15, 0.2) is 5.78 Å². The molecule has 1 aromatic carbocycles. The fraction of sp³-hybridized carbons (Fsp3) is 0.435. The fourth-order valence-electron chi connectivity index (χ4n) is 3.59. The van der Waals surface area contributed by atoms with Crippen molar-refractivity contribution in [1.29, 1.82) is 0 Å². The van der Waals surface area contributed by atoms with Gasteiger partial charge in [0.2, 0.25) is 5.91 Å². The number of aromatic amines is 1.